The molecule has 0 saturated carbocycles. The molecule has 2 amide bonds. The van der Waals surface area contributed by atoms with Gasteiger partial charge in [0.1, 0.15) is 0 Å². The maximum Gasteiger partial charge on any atom is 0.257 e. The van der Waals surface area contributed by atoms with Gasteiger partial charge < -0.3 is 5.32 Å². The summed E-state index contributed by atoms with van der Waals surface area (Å²) < 4.78 is 1.06. The molecule has 0 aliphatic carbocycles. The van der Waals surface area contributed by atoms with Gasteiger partial charge in [-0.2, -0.15) is 0 Å². The van der Waals surface area contributed by atoms with Crippen LogP contribution in [0.15, 0.2) is 36.4 Å². The molecule has 5 nitrogen and oxygen atoms in total. The molecule has 0 saturated heterocycles. The van der Waals surface area contributed by atoms with Gasteiger partial charge in [0.2, 0.25) is 5.91 Å². The number of aromatic nitrogens is 1. The highest BCUT2D eigenvalue weighted by atomic mass is 32.1. The summed E-state index contributed by atoms with van der Waals surface area (Å²) in [5.41, 5.74) is 4.39. The zero-order chi connectivity index (χ0) is 17.4. The molecule has 1 aromatic heterocycles. The first-order valence-electron chi connectivity index (χ1n) is 8.20. The number of benzene rings is 2. The van der Waals surface area contributed by atoms with Crippen molar-refractivity contribution in [2.75, 3.05) is 10.6 Å². The molecule has 2 heterocycles. The molecule has 0 radical (unpaired) electrons. The van der Waals surface area contributed by atoms with E-state index in [1.165, 1.54) is 11.3 Å². The number of anilines is 2. The number of nitrogens with one attached hydrogen (secondary N) is 2. The van der Waals surface area contributed by atoms with Crippen molar-refractivity contribution in [3.05, 3.63) is 53.1 Å². The Kier molecular flexibility index (Phi) is 3.97. The van der Waals surface area contributed by atoms with Gasteiger partial charge >= 0.3 is 0 Å². The number of nitrogens with zero attached hydrogens (tertiary/aromatic N) is 1. The third-order valence-electron chi connectivity index (χ3n) is 4.33. The second kappa shape index (κ2) is 6.29. The summed E-state index contributed by atoms with van der Waals surface area (Å²) in [5, 5.41) is 6.36. The highest BCUT2D eigenvalue weighted by Crippen LogP contribution is 2.29. The lowest BCUT2D eigenvalue weighted by atomic mass is 10.0. The number of thiazole rings is 1. The second-order valence-corrected chi connectivity index (χ2v) is 7.20. The lowest BCUT2D eigenvalue weighted by Gasteiger charge is -2.09. The average Bonchev–Trinajstić information content (AvgIpc) is 2.90. The van der Waals surface area contributed by atoms with Crippen LogP contribution in [0.5, 0.6) is 0 Å². The van der Waals surface area contributed by atoms with Gasteiger partial charge in [0, 0.05) is 17.7 Å². The predicted molar refractivity (Wildman–Crippen MR) is 100 cm³/mol. The SMILES string of the molecule is Cc1cccc2sc(NC(=O)c3ccc4c(c3)CCCC(=O)N4)nc12. The Hall–Kier alpha value is -2.73. The van der Waals surface area contributed by atoms with Gasteiger partial charge in [-0.1, -0.05) is 23.5 Å². The number of para-hydroxylation sites is 1. The molecule has 126 valence electrons. The summed E-state index contributed by atoms with van der Waals surface area (Å²) in [7, 11) is 0. The molecule has 2 aromatic carbocycles. The molecule has 6 heteroatoms. The van der Waals surface area contributed by atoms with Crippen molar-refractivity contribution in [1.82, 2.24) is 4.98 Å². The molecular weight excluding hydrogens is 334 g/mol. The summed E-state index contributed by atoms with van der Waals surface area (Å²) in [6.45, 7) is 2.01. The molecule has 0 atom stereocenters. The van der Waals surface area contributed by atoms with Crippen LogP contribution in [0.2, 0.25) is 0 Å². The van der Waals surface area contributed by atoms with Crippen LogP contribution in [-0.2, 0) is 11.2 Å². The number of hydrogen-bond acceptors (Lipinski definition) is 4. The summed E-state index contributed by atoms with van der Waals surface area (Å²) in [4.78, 5) is 28.7. The number of amides is 2. The van der Waals surface area contributed by atoms with E-state index in [4.69, 9.17) is 0 Å². The highest BCUT2D eigenvalue weighted by Gasteiger charge is 2.16. The quantitative estimate of drug-likeness (QED) is 0.729. The van der Waals surface area contributed by atoms with Crippen LogP contribution in [0.4, 0.5) is 10.8 Å². The summed E-state index contributed by atoms with van der Waals surface area (Å²) in [5.74, 6) is -0.157. The summed E-state index contributed by atoms with van der Waals surface area (Å²) >= 11 is 1.47. The molecule has 2 N–H and O–H groups in total. The van der Waals surface area contributed by atoms with E-state index < -0.39 is 0 Å². The highest BCUT2D eigenvalue weighted by molar-refractivity contribution is 7.22. The lowest BCUT2D eigenvalue weighted by molar-refractivity contribution is -0.116. The molecule has 1 aliphatic rings. The van der Waals surface area contributed by atoms with Crippen LogP contribution >= 0.6 is 11.3 Å². The maximum atomic E-state index is 12.6. The summed E-state index contributed by atoms with van der Waals surface area (Å²) in [6.07, 6.45) is 2.10. The predicted octanol–water partition coefficient (Wildman–Crippen LogP) is 4.13. The minimum absolute atomic E-state index is 0.0285. The Morgan fingerprint density at radius 3 is 2.96 bits per heavy atom. The van der Waals surface area contributed by atoms with Crippen molar-refractivity contribution < 1.29 is 9.59 Å². The number of rotatable bonds is 2. The molecule has 1 aliphatic heterocycles. The van der Waals surface area contributed by atoms with E-state index in [0.29, 0.717) is 17.1 Å². The largest absolute Gasteiger partial charge is 0.326 e. The molecular formula is C19H17N3O2S. The monoisotopic (exact) mass is 351 g/mol. The van der Waals surface area contributed by atoms with E-state index >= 15 is 0 Å². The van der Waals surface area contributed by atoms with Crippen LogP contribution in [0.1, 0.15) is 34.3 Å². The third-order valence-corrected chi connectivity index (χ3v) is 5.27. The van der Waals surface area contributed by atoms with E-state index in [9.17, 15) is 9.59 Å². The minimum Gasteiger partial charge on any atom is -0.326 e. The van der Waals surface area contributed by atoms with Crippen molar-refractivity contribution in [2.45, 2.75) is 26.2 Å². The van der Waals surface area contributed by atoms with Gasteiger partial charge in [0.25, 0.3) is 5.91 Å². The van der Waals surface area contributed by atoms with E-state index in [2.05, 4.69) is 15.6 Å². The van der Waals surface area contributed by atoms with Crippen molar-refractivity contribution in [3.63, 3.8) is 0 Å². The smallest absolute Gasteiger partial charge is 0.257 e. The van der Waals surface area contributed by atoms with Crippen LogP contribution in [-0.4, -0.2) is 16.8 Å². The fourth-order valence-electron chi connectivity index (χ4n) is 3.02. The van der Waals surface area contributed by atoms with Crippen molar-refractivity contribution in [1.29, 1.82) is 0 Å². The number of aryl methyl sites for hydroxylation is 2. The Morgan fingerprint density at radius 1 is 1.24 bits per heavy atom. The zero-order valence-electron chi connectivity index (χ0n) is 13.8. The van der Waals surface area contributed by atoms with Crippen molar-refractivity contribution >= 4 is 44.2 Å². The zero-order valence-corrected chi connectivity index (χ0v) is 14.6. The number of carbonyl (C=O) groups excluding carboxylic acids is 2. The fourth-order valence-corrected chi connectivity index (χ4v) is 3.96. The van der Waals surface area contributed by atoms with Crippen LogP contribution in [0, 0.1) is 6.92 Å². The topological polar surface area (TPSA) is 71.1 Å². The first kappa shape index (κ1) is 15.8. The van der Waals surface area contributed by atoms with E-state index in [-0.39, 0.29) is 11.8 Å². The number of fused-ring (bicyclic) bond motifs is 2. The first-order valence-corrected chi connectivity index (χ1v) is 9.02. The van der Waals surface area contributed by atoms with Gasteiger partial charge in [-0.15, -0.1) is 0 Å². The molecule has 0 spiro atoms. The number of hydrogen-bond donors (Lipinski definition) is 2. The molecule has 4 rings (SSSR count). The second-order valence-electron chi connectivity index (χ2n) is 6.17. The van der Waals surface area contributed by atoms with Crippen LogP contribution in [0.25, 0.3) is 10.2 Å². The Bertz CT molecular complexity index is 993. The molecule has 25 heavy (non-hydrogen) atoms. The first-order chi connectivity index (χ1) is 12.1. The normalized spacial score (nSPS) is 13.9. The van der Waals surface area contributed by atoms with Gasteiger partial charge in [-0.25, -0.2) is 4.98 Å². The Balaban J connectivity index is 1.59. The molecule has 0 bridgehead atoms. The van der Waals surface area contributed by atoms with Gasteiger partial charge in [0.05, 0.1) is 10.2 Å². The minimum atomic E-state index is -0.185. The van der Waals surface area contributed by atoms with E-state index in [0.717, 1.165) is 39.9 Å². The molecule has 0 fully saturated rings. The average molecular weight is 351 g/mol. The molecule has 3 aromatic rings. The number of carbonyl (C=O) groups is 2. The maximum absolute atomic E-state index is 12.6. The van der Waals surface area contributed by atoms with Gasteiger partial charge in [-0.3, -0.25) is 14.9 Å². The van der Waals surface area contributed by atoms with E-state index in [1.807, 2.05) is 31.2 Å². The third kappa shape index (κ3) is 3.13. The lowest BCUT2D eigenvalue weighted by Crippen LogP contribution is -2.13. The fraction of sp³-hybridized carbons (Fsp3) is 0.211. The standard InChI is InChI=1S/C19H17N3O2S/c1-11-4-2-6-15-17(11)21-19(25-15)22-18(24)13-8-9-14-12(10-13)5-3-7-16(23)20-14/h2,4,6,8-10H,3,5,7H2,1H3,(H,20,23)(H,21,22,24). The van der Waals surface area contributed by atoms with Gasteiger partial charge in [0.15, 0.2) is 5.13 Å². The van der Waals surface area contributed by atoms with Crippen LogP contribution < -0.4 is 10.6 Å². The Labute approximate surface area is 149 Å². The van der Waals surface area contributed by atoms with Crippen LogP contribution in [0.3, 0.4) is 0 Å². The Morgan fingerprint density at radius 2 is 2.12 bits per heavy atom. The van der Waals surface area contributed by atoms with Crippen molar-refractivity contribution in [3.8, 4) is 0 Å². The van der Waals surface area contributed by atoms with Crippen molar-refractivity contribution in [2.24, 2.45) is 0 Å². The summed E-state index contributed by atoms with van der Waals surface area (Å²) in [6, 6.07) is 11.4. The van der Waals surface area contributed by atoms with Gasteiger partial charge in [-0.05, 0) is 55.2 Å². The van der Waals surface area contributed by atoms with E-state index in [1.54, 1.807) is 12.1 Å². The molecule has 0 unspecified atom stereocenters.